The Bertz CT molecular complexity index is 1830. The van der Waals surface area contributed by atoms with E-state index in [1.165, 1.54) is 36.5 Å². The van der Waals surface area contributed by atoms with E-state index in [1.807, 2.05) is 7.05 Å². The Labute approximate surface area is 282 Å². The van der Waals surface area contributed by atoms with E-state index in [-0.39, 0.29) is 23.3 Å². The first kappa shape index (κ1) is 35.1. The number of aromatic nitrogens is 2. The molecule has 49 heavy (non-hydrogen) atoms. The molecule has 0 saturated carbocycles. The average molecular weight is 674 g/mol. The SMILES string of the molecule is CN1CCN(NC(=O)C(c2ccccc2F)n2ncc3cc(C(=O)Nc4ccc(OCCCCCCC(=O)NO)cc4)ccc3c2=O)CC1. The second-order valence-corrected chi connectivity index (χ2v) is 11.9. The summed E-state index contributed by atoms with van der Waals surface area (Å²) in [6.07, 6.45) is 4.93. The van der Waals surface area contributed by atoms with Crippen molar-refractivity contribution >= 4 is 34.2 Å². The Morgan fingerprint density at radius 2 is 1.69 bits per heavy atom. The van der Waals surface area contributed by atoms with Crippen molar-refractivity contribution in [2.45, 2.75) is 38.1 Å². The number of hydroxylamine groups is 1. The maximum atomic E-state index is 15.0. The van der Waals surface area contributed by atoms with Gasteiger partial charge in [-0.3, -0.25) is 29.8 Å². The molecule has 1 aliphatic rings. The summed E-state index contributed by atoms with van der Waals surface area (Å²) in [5.41, 5.74) is 4.71. The van der Waals surface area contributed by atoms with Gasteiger partial charge in [-0.15, -0.1) is 0 Å². The highest BCUT2D eigenvalue weighted by Crippen LogP contribution is 2.23. The second-order valence-electron chi connectivity index (χ2n) is 11.9. The number of hydrogen-bond donors (Lipinski definition) is 4. The van der Waals surface area contributed by atoms with Gasteiger partial charge in [0.15, 0.2) is 6.04 Å². The van der Waals surface area contributed by atoms with Crippen LogP contribution in [-0.2, 0) is 9.59 Å². The smallest absolute Gasteiger partial charge is 0.275 e. The number of nitrogens with zero attached hydrogens (tertiary/aromatic N) is 4. The molecule has 0 radical (unpaired) electrons. The summed E-state index contributed by atoms with van der Waals surface area (Å²) in [4.78, 5) is 53.6. The lowest BCUT2D eigenvalue weighted by molar-refractivity contribution is -0.130. The number of nitrogens with one attached hydrogen (secondary N) is 3. The van der Waals surface area contributed by atoms with Crippen LogP contribution in [-0.4, -0.2) is 82.5 Å². The number of unbranched alkanes of at least 4 members (excludes halogenated alkanes) is 3. The number of amides is 3. The van der Waals surface area contributed by atoms with Crippen LogP contribution >= 0.6 is 0 Å². The highest BCUT2D eigenvalue weighted by Gasteiger charge is 2.30. The zero-order valence-electron chi connectivity index (χ0n) is 27.2. The molecule has 2 heterocycles. The van der Waals surface area contributed by atoms with Crippen LogP contribution < -0.4 is 26.5 Å². The van der Waals surface area contributed by atoms with E-state index >= 15 is 4.39 Å². The van der Waals surface area contributed by atoms with Crippen LogP contribution in [0.4, 0.5) is 10.1 Å². The summed E-state index contributed by atoms with van der Waals surface area (Å²) < 4.78 is 21.8. The molecule has 13 nitrogen and oxygen atoms in total. The predicted molar refractivity (Wildman–Crippen MR) is 181 cm³/mol. The van der Waals surface area contributed by atoms with Crippen LogP contribution in [0.1, 0.15) is 54.1 Å². The summed E-state index contributed by atoms with van der Waals surface area (Å²) >= 11 is 0. The summed E-state index contributed by atoms with van der Waals surface area (Å²) in [5, 5.41) is 18.0. The molecule has 5 rings (SSSR count). The maximum Gasteiger partial charge on any atom is 0.275 e. The molecule has 0 aliphatic carbocycles. The number of benzene rings is 3. The molecule has 4 aromatic rings. The van der Waals surface area contributed by atoms with E-state index in [4.69, 9.17) is 9.94 Å². The normalized spacial score (nSPS) is 14.3. The minimum absolute atomic E-state index is 0.0116. The van der Waals surface area contributed by atoms with Gasteiger partial charge in [-0.1, -0.05) is 31.0 Å². The minimum atomic E-state index is -1.36. The maximum absolute atomic E-state index is 15.0. The number of hydrogen-bond acceptors (Lipinski definition) is 9. The van der Waals surface area contributed by atoms with Gasteiger partial charge in [0, 0.05) is 54.8 Å². The highest BCUT2D eigenvalue weighted by atomic mass is 19.1. The second kappa shape index (κ2) is 16.8. The Hall–Kier alpha value is -5.18. The number of hydrazine groups is 1. The standard InChI is InChI=1S/C35H40FN7O6/c1-41-17-19-42(20-18-41)39-34(46)32(29-8-5-6-9-30(29)36)43-35(47)28-16-11-24(22-25(28)23-37-43)33(45)38-26-12-14-27(15-13-26)49-21-7-3-2-4-10-31(44)40-48/h5-6,8-9,11-16,22-23,32,48H,2-4,7,10,17-21H2,1H3,(H,38,45)(H,39,46)(H,40,44). The predicted octanol–water partition coefficient (Wildman–Crippen LogP) is 3.49. The van der Waals surface area contributed by atoms with Crippen molar-refractivity contribution in [3.05, 3.63) is 100 Å². The summed E-state index contributed by atoms with van der Waals surface area (Å²) in [7, 11) is 1.99. The molecular weight excluding hydrogens is 633 g/mol. The van der Waals surface area contributed by atoms with Gasteiger partial charge < -0.3 is 15.0 Å². The van der Waals surface area contributed by atoms with Crippen LogP contribution in [0.25, 0.3) is 10.8 Å². The number of ether oxygens (including phenoxy) is 1. The van der Waals surface area contributed by atoms with Gasteiger partial charge in [0.05, 0.1) is 18.2 Å². The monoisotopic (exact) mass is 673 g/mol. The third kappa shape index (κ3) is 9.25. The highest BCUT2D eigenvalue weighted by molar-refractivity contribution is 6.06. The molecule has 1 fully saturated rings. The third-order valence-corrected chi connectivity index (χ3v) is 8.34. The van der Waals surface area contributed by atoms with Crippen LogP contribution in [0.2, 0.25) is 0 Å². The molecule has 3 aromatic carbocycles. The van der Waals surface area contributed by atoms with Crippen molar-refractivity contribution in [2.75, 3.05) is 45.2 Å². The molecular formula is C35H40FN7O6. The first-order valence-electron chi connectivity index (χ1n) is 16.2. The fraction of sp³-hybridized carbons (Fsp3) is 0.343. The zero-order chi connectivity index (χ0) is 34.8. The summed E-state index contributed by atoms with van der Waals surface area (Å²) in [5.74, 6) is -1.36. The topological polar surface area (TPSA) is 158 Å². The van der Waals surface area contributed by atoms with Crippen LogP contribution in [0.3, 0.4) is 0 Å². The molecule has 3 amide bonds. The zero-order valence-corrected chi connectivity index (χ0v) is 27.2. The van der Waals surface area contributed by atoms with Crippen molar-refractivity contribution in [3.63, 3.8) is 0 Å². The van der Waals surface area contributed by atoms with E-state index in [1.54, 1.807) is 46.9 Å². The van der Waals surface area contributed by atoms with E-state index in [0.29, 0.717) is 48.5 Å². The first-order chi connectivity index (χ1) is 23.7. The molecule has 258 valence electrons. The molecule has 1 unspecified atom stereocenters. The number of carbonyl (C=O) groups is 3. The number of rotatable bonds is 14. The quantitative estimate of drug-likeness (QED) is 0.0894. The number of likely N-dealkylation sites (N-methyl/N-ethyl adjacent to an activating group) is 1. The van der Waals surface area contributed by atoms with Crippen LogP contribution in [0.5, 0.6) is 5.75 Å². The Morgan fingerprint density at radius 1 is 0.959 bits per heavy atom. The lowest BCUT2D eigenvalue weighted by Crippen LogP contribution is -2.54. The van der Waals surface area contributed by atoms with Crippen LogP contribution in [0, 0.1) is 5.82 Å². The molecule has 1 aromatic heterocycles. The summed E-state index contributed by atoms with van der Waals surface area (Å²) in [6.45, 7) is 3.15. The van der Waals surface area contributed by atoms with Gasteiger partial charge in [-0.05, 0) is 68.4 Å². The molecule has 1 aliphatic heterocycles. The van der Waals surface area contributed by atoms with Crippen molar-refractivity contribution < 1.29 is 28.7 Å². The van der Waals surface area contributed by atoms with Gasteiger partial charge in [0.2, 0.25) is 5.91 Å². The Balaban J connectivity index is 1.24. The molecule has 0 bridgehead atoms. The van der Waals surface area contributed by atoms with Crippen molar-refractivity contribution in [1.29, 1.82) is 0 Å². The van der Waals surface area contributed by atoms with Gasteiger partial charge >= 0.3 is 0 Å². The molecule has 14 heteroatoms. The lowest BCUT2D eigenvalue weighted by Gasteiger charge is -2.33. The number of halogens is 1. The number of fused-ring (bicyclic) bond motifs is 1. The lowest BCUT2D eigenvalue weighted by atomic mass is 10.0. The van der Waals surface area contributed by atoms with Crippen molar-refractivity contribution in [3.8, 4) is 5.75 Å². The van der Waals surface area contributed by atoms with Gasteiger partial charge in [-0.2, -0.15) is 5.10 Å². The fourth-order valence-electron chi connectivity index (χ4n) is 5.53. The first-order valence-corrected chi connectivity index (χ1v) is 16.2. The Morgan fingerprint density at radius 3 is 2.43 bits per heavy atom. The van der Waals surface area contributed by atoms with E-state index in [2.05, 4.69) is 20.7 Å². The molecule has 4 N–H and O–H groups in total. The van der Waals surface area contributed by atoms with E-state index in [0.717, 1.165) is 37.0 Å². The van der Waals surface area contributed by atoms with Gasteiger partial charge in [-0.25, -0.2) is 19.6 Å². The third-order valence-electron chi connectivity index (χ3n) is 8.34. The molecule has 0 spiro atoms. The molecule has 1 saturated heterocycles. The van der Waals surface area contributed by atoms with Crippen molar-refractivity contribution in [2.24, 2.45) is 0 Å². The van der Waals surface area contributed by atoms with Gasteiger partial charge in [0.25, 0.3) is 17.4 Å². The number of anilines is 1. The van der Waals surface area contributed by atoms with E-state index in [9.17, 15) is 19.2 Å². The average Bonchev–Trinajstić information content (AvgIpc) is 3.11. The summed E-state index contributed by atoms with van der Waals surface area (Å²) in [6, 6.07) is 15.9. The Kier molecular flexibility index (Phi) is 12.0. The number of piperazine rings is 1. The van der Waals surface area contributed by atoms with E-state index < -0.39 is 29.2 Å². The minimum Gasteiger partial charge on any atom is -0.494 e. The molecule has 1 atom stereocenters. The number of carbonyl (C=O) groups excluding carboxylic acids is 3. The van der Waals surface area contributed by atoms with Crippen molar-refractivity contribution in [1.82, 2.24) is 30.6 Å². The fourth-order valence-corrected chi connectivity index (χ4v) is 5.53. The van der Waals surface area contributed by atoms with Gasteiger partial charge in [0.1, 0.15) is 11.6 Å². The van der Waals surface area contributed by atoms with Crippen LogP contribution in [0.15, 0.2) is 77.7 Å². The largest absolute Gasteiger partial charge is 0.494 e.